The summed E-state index contributed by atoms with van der Waals surface area (Å²) in [7, 11) is 0. The van der Waals surface area contributed by atoms with Crippen LogP contribution in [-0.2, 0) is 16.0 Å². The highest BCUT2D eigenvalue weighted by Gasteiger charge is 2.49. The van der Waals surface area contributed by atoms with Crippen molar-refractivity contribution in [3.05, 3.63) is 29.8 Å². The van der Waals surface area contributed by atoms with Gasteiger partial charge in [-0.2, -0.15) is 0 Å². The molecule has 2 unspecified atom stereocenters. The number of carbonyl (C=O) groups is 2. The summed E-state index contributed by atoms with van der Waals surface area (Å²) in [4.78, 5) is 29.3. The third kappa shape index (κ3) is 3.61. The minimum absolute atomic E-state index is 0.0126. The van der Waals surface area contributed by atoms with E-state index in [0.717, 1.165) is 50.4 Å². The molecular formula is C19H27N3O2. The van der Waals surface area contributed by atoms with Gasteiger partial charge >= 0.3 is 0 Å². The first-order valence-electron chi connectivity index (χ1n) is 9.04. The van der Waals surface area contributed by atoms with Crippen LogP contribution < -0.4 is 5.32 Å². The van der Waals surface area contributed by atoms with E-state index in [0.29, 0.717) is 6.42 Å². The summed E-state index contributed by atoms with van der Waals surface area (Å²) in [6.45, 7) is 8.71. The highest BCUT2D eigenvalue weighted by Crippen LogP contribution is 2.41. The average Bonchev–Trinajstić information content (AvgIpc) is 3.42. The fraction of sp³-hybridized carbons (Fsp3) is 0.579. The molecule has 2 fully saturated rings. The smallest absolute Gasteiger partial charge is 0.228 e. The first-order valence-corrected chi connectivity index (χ1v) is 9.04. The quantitative estimate of drug-likeness (QED) is 0.899. The van der Waals surface area contributed by atoms with Crippen molar-refractivity contribution in [2.75, 3.05) is 38.0 Å². The number of nitrogens with zero attached hydrogens (tertiary/aromatic N) is 2. The summed E-state index contributed by atoms with van der Waals surface area (Å²) in [6.07, 6.45) is 1.57. The lowest BCUT2D eigenvalue weighted by atomic mass is 10.1. The number of hydrogen-bond acceptors (Lipinski definition) is 3. The van der Waals surface area contributed by atoms with Crippen molar-refractivity contribution < 1.29 is 9.59 Å². The van der Waals surface area contributed by atoms with Crippen LogP contribution in [0.5, 0.6) is 0 Å². The molecule has 0 bridgehead atoms. The summed E-state index contributed by atoms with van der Waals surface area (Å²) in [5.74, 6) is -0.130. The fourth-order valence-electron chi connectivity index (χ4n) is 3.45. The molecule has 1 aliphatic heterocycles. The molecule has 1 aromatic carbocycles. The van der Waals surface area contributed by atoms with E-state index in [1.165, 1.54) is 0 Å². The van der Waals surface area contributed by atoms with E-state index >= 15 is 0 Å². The van der Waals surface area contributed by atoms with Gasteiger partial charge < -0.3 is 15.1 Å². The Kier molecular flexibility index (Phi) is 5.19. The molecule has 2 aliphatic rings. The van der Waals surface area contributed by atoms with Gasteiger partial charge in [0.05, 0.1) is 11.8 Å². The number of benzene rings is 1. The number of amides is 2. The standard InChI is InChI=1S/C19H27N3O2/c1-3-14-7-5-6-8-17(14)20-18(23)15-13-16(15)19(24)22-11-9-21(4-2)10-12-22/h5-8,15-16H,3-4,9-13H2,1-2H3,(H,20,23). The number of nitrogens with one attached hydrogen (secondary N) is 1. The Morgan fingerprint density at radius 2 is 1.79 bits per heavy atom. The second kappa shape index (κ2) is 7.34. The van der Waals surface area contributed by atoms with E-state index in [9.17, 15) is 9.59 Å². The van der Waals surface area contributed by atoms with Crippen LogP contribution in [-0.4, -0.2) is 54.3 Å². The zero-order valence-corrected chi connectivity index (χ0v) is 14.6. The summed E-state index contributed by atoms with van der Waals surface area (Å²) in [5, 5.41) is 3.01. The topological polar surface area (TPSA) is 52.7 Å². The maximum Gasteiger partial charge on any atom is 0.228 e. The zero-order valence-electron chi connectivity index (χ0n) is 14.6. The number of carbonyl (C=O) groups excluding carboxylic acids is 2. The maximum absolute atomic E-state index is 12.6. The molecule has 1 aromatic rings. The van der Waals surface area contributed by atoms with Gasteiger partial charge in [-0.3, -0.25) is 9.59 Å². The monoisotopic (exact) mass is 329 g/mol. The van der Waals surface area contributed by atoms with Crippen LogP contribution in [0.25, 0.3) is 0 Å². The molecule has 0 spiro atoms. The Balaban J connectivity index is 1.53. The summed E-state index contributed by atoms with van der Waals surface area (Å²) in [6, 6.07) is 7.86. The van der Waals surface area contributed by atoms with Crippen molar-refractivity contribution in [1.29, 1.82) is 0 Å². The van der Waals surface area contributed by atoms with Crippen molar-refractivity contribution in [2.45, 2.75) is 26.7 Å². The van der Waals surface area contributed by atoms with E-state index in [4.69, 9.17) is 0 Å². The zero-order chi connectivity index (χ0) is 17.1. The molecule has 1 N–H and O–H groups in total. The van der Waals surface area contributed by atoms with Crippen LogP contribution >= 0.6 is 0 Å². The molecular weight excluding hydrogens is 302 g/mol. The fourth-order valence-corrected chi connectivity index (χ4v) is 3.45. The highest BCUT2D eigenvalue weighted by atomic mass is 16.2. The van der Waals surface area contributed by atoms with E-state index in [1.54, 1.807) is 0 Å². The van der Waals surface area contributed by atoms with Gasteiger partial charge in [-0.05, 0) is 31.0 Å². The highest BCUT2D eigenvalue weighted by molar-refractivity contribution is 5.99. The molecule has 1 heterocycles. The van der Waals surface area contributed by atoms with Crippen LogP contribution in [0.2, 0.25) is 0 Å². The number of anilines is 1. The molecule has 24 heavy (non-hydrogen) atoms. The Morgan fingerprint density at radius 1 is 1.08 bits per heavy atom. The van der Waals surface area contributed by atoms with Crippen molar-refractivity contribution in [1.82, 2.24) is 9.80 Å². The summed E-state index contributed by atoms with van der Waals surface area (Å²) < 4.78 is 0. The Bertz CT molecular complexity index is 608. The Morgan fingerprint density at radius 3 is 2.46 bits per heavy atom. The van der Waals surface area contributed by atoms with E-state index < -0.39 is 0 Å². The van der Waals surface area contributed by atoms with Crippen LogP contribution in [0.15, 0.2) is 24.3 Å². The SMILES string of the molecule is CCc1ccccc1NC(=O)C1CC1C(=O)N1CCN(CC)CC1. The van der Waals surface area contributed by atoms with Crippen LogP contribution in [0, 0.1) is 11.8 Å². The van der Waals surface area contributed by atoms with Crippen molar-refractivity contribution in [3.8, 4) is 0 Å². The number of para-hydroxylation sites is 1. The molecule has 130 valence electrons. The lowest BCUT2D eigenvalue weighted by Crippen LogP contribution is -2.49. The molecule has 5 heteroatoms. The largest absolute Gasteiger partial charge is 0.340 e. The van der Waals surface area contributed by atoms with Gasteiger partial charge in [-0.25, -0.2) is 0 Å². The first kappa shape index (κ1) is 17.0. The van der Waals surface area contributed by atoms with Gasteiger partial charge in [0, 0.05) is 31.9 Å². The van der Waals surface area contributed by atoms with E-state index in [1.807, 2.05) is 29.2 Å². The molecule has 0 radical (unpaired) electrons. The van der Waals surface area contributed by atoms with Crippen LogP contribution in [0.3, 0.4) is 0 Å². The number of hydrogen-bond donors (Lipinski definition) is 1. The van der Waals surface area contributed by atoms with Crippen LogP contribution in [0.4, 0.5) is 5.69 Å². The predicted molar refractivity (Wildman–Crippen MR) is 94.7 cm³/mol. The third-order valence-electron chi connectivity index (χ3n) is 5.23. The van der Waals surface area contributed by atoms with Crippen molar-refractivity contribution in [3.63, 3.8) is 0 Å². The Hall–Kier alpha value is -1.88. The lowest BCUT2D eigenvalue weighted by Gasteiger charge is -2.34. The van der Waals surface area contributed by atoms with Gasteiger partial charge in [0.25, 0.3) is 0 Å². The molecule has 2 amide bonds. The first-order chi connectivity index (χ1) is 11.6. The molecule has 3 rings (SSSR count). The van der Waals surface area contributed by atoms with Crippen molar-refractivity contribution >= 4 is 17.5 Å². The molecule has 1 saturated heterocycles. The predicted octanol–water partition coefficient (Wildman–Crippen LogP) is 1.99. The van der Waals surface area contributed by atoms with Crippen molar-refractivity contribution in [2.24, 2.45) is 11.8 Å². The molecule has 2 atom stereocenters. The number of piperazine rings is 1. The maximum atomic E-state index is 12.6. The second-order valence-electron chi connectivity index (χ2n) is 6.71. The van der Waals surface area contributed by atoms with E-state index in [2.05, 4.69) is 24.1 Å². The minimum atomic E-state index is -0.161. The summed E-state index contributed by atoms with van der Waals surface area (Å²) in [5.41, 5.74) is 2.00. The molecule has 5 nitrogen and oxygen atoms in total. The number of rotatable bonds is 5. The van der Waals surface area contributed by atoms with Gasteiger partial charge in [0.15, 0.2) is 0 Å². The normalized spacial score (nSPS) is 23.8. The molecule has 1 saturated carbocycles. The third-order valence-corrected chi connectivity index (χ3v) is 5.23. The second-order valence-corrected chi connectivity index (χ2v) is 6.71. The lowest BCUT2D eigenvalue weighted by molar-refractivity contribution is -0.135. The van der Waals surface area contributed by atoms with E-state index in [-0.39, 0.29) is 23.7 Å². The Labute approximate surface area is 144 Å². The van der Waals surface area contributed by atoms with Gasteiger partial charge in [0.2, 0.25) is 11.8 Å². The molecule has 1 aliphatic carbocycles. The van der Waals surface area contributed by atoms with Gasteiger partial charge in [0.1, 0.15) is 0 Å². The molecule has 0 aromatic heterocycles. The van der Waals surface area contributed by atoms with Gasteiger partial charge in [-0.1, -0.05) is 32.0 Å². The number of aryl methyl sites for hydroxylation is 1. The summed E-state index contributed by atoms with van der Waals surface area (Å²) >= 11 is 0. The number of likely N-dealkylation sites (N-methyl/N-ethyl adjacent to an activating group) is 1. The van der Waals surface area contributed by atoms with Crippen LogP contribution in [0.1, 0.15) is 25.8 Å². The minimum Gasteiger partial charge on any atom is -0.340 e. The average molecular weight is 329 g/mol. The van der Waals surface area contributed by atoms with Gasteiger partial charge in [-0.15, -0.1) is 0 Å².